The smallest absolute Gasteiger partial charge is 0.263 e. The highest BCUT2D eigenvalue weighted by Crippen LogP contribution is 2.41. The maximum absolute atomic E-state index is 14.0. The number of pyridine rings is 1. The lowest BCUT2D eigenvalue weighted by atomic mass is 9.92. The van der Waals surface area contributed by atoms with E-state index < -0.39 is 0 Å². The summed E-state index contributed by atoms with van der Waals surface area (Å²) in [5, 5.41) is 12.6. The van der Waals surface area contributed by atoms with E-state index in [9.17, 15) is 4.79 Å². The van der Waals surface area contributed by atoms with Gasteiger partial charge >= 0.3 is 0 Å². The topological polar surface area (TPSA) is 21.5 Å². The molecule has 0 bridgehead atoms. The minimum atomic E-state index is 0.0300. The van der Waals surface area contributed by atoms with Crippen molar-refractivity contribution in [2.45, 2.75) is 0 Å². The van der Waals surface area contributed by atoms with E-state index in [-0.39, 0.29) is 5.56 Å². The number of fused-ring (bicyclic) bond motifs is 11. The fourth-order valence-electron chi connectivity index (χ4n) is 7.65. The summed E-state index contributed by atoms with van der Waals surface area (Å²) in [6.07, 6.45) is 0. The molecule has 0 aliphatic carbocycles. The maximum Gasteiger partial charge on any atom is 0.263 e. The third kappa shape index (κ3) is 3.37. The van der Waals surface area contributed by atoms with E-state index in [2.05, 4.69) is 127 Å². The van der Waals surface area contributed by atoms with Gasteiger partial charge in [-0.3, -0.25) is 9.20 Å². The molecule has 0 aliphatic heterocycles. The lowest BCUT2D eigenvalue weighted by molar-refractivity contribution is 1.21. The summed E-state index contributed by atoms with van der Waals surface area (Å²) in [6.45, 7) is 0. The van der Waals surface area contributed by atoms with Crippen LogP contribution in [0.25, 0.3) is 92.5 Å². The monoisotopic (exact) mass is 571 g/mol. The van der Waals surface area contributed by atoms with E-state index in [1.54, 1.807) is 0 Å². The van der Waals surface area contributed by atoms with E-state index in [0.29, 0.717) is 0 Å². The van der Waals surface area contributed by atoms with Crippen LogP contribution in [-0.2, 0) is 0 Å². The zero-order valence-corrected chi connectivity index (χ0v) is 24.3. The van der Waals surface area contributed by atoms with Crippen LogP contribution in [0.2, 0.25) is 0 Å². The third-order valence-electron chi connectivity index (χ3n) is 9.70. The molecule has 2 aromatic heterocycles. The first-order valence-corrected chi connectivity index (χ1v) is 15.4. The average molecular weight is 572 g/mol. The van der Waals surface area contributed by atoms with Gasteiger partial charge in [0, 0.05) is 21.5 Å². The summed E-state index contributed by atoms with van der Waals surface area (Å²) in [7, 11) is 0. The predicted octanol–water partition coefficient (Wildman–Crippen LogP) is 11.0. The van der Waals surface area contributed by atoms with Crippen LogP contribution in [0.3, 0.4) is 0 Å². The van der Waals surface area contributed by atoms with Crippen LogP contribution < -0.4 is 5.56 Å². The van der Waals surface area contributed by atoms with Crippen molar-refractivity contribution in [3.05, 3.63) is 162 Å². The van der Waals surface area contributed by atoms with Crippen molar-refractivity contribution in [2.75, 3.05) is 0 Å². The molecule has 0 amide bonds. The van der Waals surface area contributed by atoms with Crippen molar-refractivity contribution < 1.29 is 0 Å². The Morgan fingerprint density at radius 2 is 0.756 bits per heavy atom. The van der Waals surface area contributed by atoms with Crippen LogP contribution in [0.4, 0.5) is 0 Å². The number of hydrogen-bond acceptors (Lipinski definition) is 1. The molecule has 10 rings (SSSR count). The van der Waals surface area contributed by atoms with Gasteiger partial charge < -0.3 is 0 Å². The second-order valence-corrected chi connectivity index (χ2v) is 12.1. The second kappa shape index (κ2) is 9.01. The normalized spacial score (nSPS) is 12.1. The molecule has 0 fully saturated rings. The van der Waals surface area contributed by atoms with Gasteiger partial charge in [-0.1, -0.05) is 115 Å². The lowest BCUT2D eigenvalue weighted by Gasteiger charge is -2.12. The zero-order chi connectivity index (χ0) is 29.6. The average Bonchev–Trinajstić information content (AvgIpc) is 3.45. The van der Waals surface area contributed by atoms with Crippen molar-refractivity contribution in [1.29, 1.82) is 0 Å². The van der Waals surface area contributed by atoms with Gasteiger partial charge in [0.15, 0.2) is 0 Å². The first-order valence-electron chi connectivity index (χ1n) is 15.4. The van der Waals surface area contributed by atoms with Gasteiger partial charge in [0.2, 0.25) is 0 Å². The summed E-state index contributed by atoms with van der Waals surface area (Å²) in [5.74, 6) is 0. The molecule has 208 valence electrons. The van der Waals surface area contributed by atoms with Crippen LogP contribution in [0.15, 0.2) is 156 Å². The van der Waals surface area contributed by atoms with Gasteiger partial charge in [-0.15, -0.1) is 0 Å². The van der Waals surface area contributed by atoms with E-state index in [1.807, 2.05) is 28.7 Å². The Hall–Kier alpha value is -5.99. The molecule has 0 aliphatic rings. The first kappa shape index (κ1) is 24.5. The maximum atomic E-state index is 14.0. The minimum Gasteiger partial charge on any atom is -0.275 e. The van der Waals surface area contributed by atoms with Crippen molar-refractivity contribution in [1.82, 2.24) is 4.40 Å². The Bertz CT molecular complexity index is 2850. The highest BCUT2D eigenvalue weighted by atomic mass is 16.1. The Labute approximate surface area is 258 Å². The van der Waals surface area contributed by atoms with Gasteiger partial charge in [-0.2, -0.15) is 0 Å². The predicted molar refractivity (Wildman–Crippen MR) is 191 cm³/mol. The molecule has 2 nitrogen and oxygen atoms in total. The highest BCUT2D eigenvalue weighted by Gasteiger charge is 2.19. The molecule has 0 unspecified atom stereocenters. The molecule has 0 saturated heterocycles. The number of aromatic nitrogens is 1. The molecule has 0 atom stereocenters. The molecule has 0 spiro atoms. The van der Waals surface area contributed by atoms with Crippen LogP contribution in [0, 0.1) is 0 Å². The van der Waals surface area contributed by atoms with E-state index >= 15 is 0 Å². The number of nitrogens with zero attached hydrogens (tertiary/aromatic N) is 1. The van der Waals surface area contributed by atoms with Crippen molar-refractivity contribution in [2.24, 2.45) is 0 Å². The molecule has 8 aromatic carbocycles. The summed E-state index contributed by atoms with van der Waals surface area (Å²) >= 11 is 0. The second-order valence-electron chi connectivity index (χ2n) is 12.1. The quantitative estimate of drug-likeness (QED) is 0.189. The van der Waals surface area contributed by atoms with E-state index in [4.69, 9.17) is 0 Å². The fraction of sp³-hybridized carbons (Fsp3) is 0. The molecular formula is C43H25NO. The summed E-state index contributed by atoms with van der Waals surface area (Å²) < 4.78 is 1.93. The van der Waals surface area contributed by atoms with Gasteiger partial charge in [0.25, 0.3) is 5.56 Å². The van der Waals surface area contributed by atoms with E-state index in [0.717, 1.165) is 60.2 Å². The molecule has 0 N–H and O–H groups in total. The Morgan fingerprint density at radius 1 is 0.311 bits per heavy atom. The molecule has 2 heteroatoms. The van der Waals surface area contributed by atoms with Gasteiger partial charge in [-0.25, -0.2) is 0 Å². The Balaban J connectivity index is 1.30. The zero-order valence-electron chi connectivity index (χ0n) is 24.3. The van der Waals surface area contributed by atoms with Crippen molar-refractivity contribution >= 4 is 70.3 Å². The first-order chi connectivity index (χ1) is 22.2. The largest absolute Gasteiger partial charge is 0.275 e. The van der Waals surface area contributed by atoms with Gasteiger partial charge in [-0.05, 0) is 96.4 Å². The molecular weight excluding hydrogens is 546 g/mol. The van der Waals surface area contributed by atoms with Crippen LogP contribution in [0.1, 0.15) is 0 Å². The highest BCUT2D eigenvalue weighted by molar-refractivity contribution is 6.26. The molecule has 2 heterocycles. The van der Waals surface area contributed by atoms with Crippen molar-refractivity contribution in [3.8, 4) is 22.3 Å². The number of hydrogen-bond donors (Lipinski definition) is 0. The molecule has 10 aromatic rings. The molecule has 0 radical (unpaired) electrons. The number of rotatable bonds is 2. The standard InChI is InChI=1S/C43H25NO/c45-43-36-17-9-8-16-34(36)39-24-29(26-10-2-1-3-11-26)25-40-38-23-28(19-21-41(38)44(43)42(39)40)27-18-20-35-32-14-5-4-12-30(32)31-13-6-7-15-33(31)37(35)22-27/h1-25H. The lowest BCUT2D eigenvalue weighted by Crippen LogP contribution is -2.12. The Morgan fingerprint density at radius 3 is 1.40 bits per heavy atom. The Kier molecular flexibility index (Phi) is 4.90. The van der Waals surface area contributed by atoms with Crippen LogP contribution in [0.5, 0.6) is 0 Å². The molecule has 0 saturated carbocycles. The SMILES string of the molecule is O=c1c2ccccc2c2cc(-c3ccccc3)cc3c4cc(-c5ccc6c7ccccc7c7ccccc7c6c5)ccc4n1c23. The van der Waals surface area contributed by atoms with Crippen molar-refractivity contribution in [3.63, 3.8) is 0 Å². The number of benzene rings is 8. The van der Waals surface area contributed by atoms with E-state index in [1.165, 1.54) is 32.3 Å². The fourth-order valence-corrected chi connectivity index (χ4v) is 7.65. The molecule has 45 heavy (non-hydrogen) atoms. The summed E-state index contributed by atoms with van der Waals surface area (Å²) in [4.78, 5) is 14.0. The van der Waals surface area contributed by atoms with Gasteiger partial charge in [0.1, 0.15) is 0 Å². The minimum absolute atomic E-state index is 0.0300. The summed E-state index contributed by atoms with van der Waals surface area (Å²) in [6, 6.07) is 53.9. The van der Waals surface area contributed by atoms with Crippen LogP contribution in [-0.4, -0.2) is 4.40 Å². The van der Waals surface area contributed by atoms with Gasteiger partial charge in [0.05, 0.1) is 11.0 Å². The third-order valence-corrected chi connectivity index (χ3v) is 9.70. The van der Waals surface area contributed by atoms with Crippen LogP contribution >= 0.6 is 0 Å². The summed E-state index contributed by atoms with van der Waals surface area (Å²) in [5.41, 5.74) is 6.57.